The van der Waals surface area contributed by atoms with Crippen molar-refractivity contribution in [2.24, 2.45) is 5.73 Å². The fourth-order valence-corrected chi connectivity index (χ4v) is 5.51. The summed E-state index contributed by atoms with van der Waals surface area (Å²) in [6.45, 7) is 0. The largest absolute Gasteiger partial charge is 0.384 e. The monoisotopic (exact) mass is 477 g/mol. The number of halogens is 3. The van der Waals surface area contributed by atoms with Crippen molar-refractivity contribution in [1.82, 2.24) is 0 Å². The zero-order valence-electron chi connectivity index (χ0n) is 14.5. The highest BCUT2D eigenvalue weighted by Crippen LogP contribution is 2.48. The molecule has 0 amide bonds. The van der Waals surface area contributed by atoms with Gasteiger partial charge in [-0.1, -0.05) is 11.6 Å². The Morgan fingerprint density at radius 2 is 2.14 bits per heavy atom. The Morgan fingerprint density at radius 3 is 2.79 bits per heavy atom. The third kappa shape index (κ3) is 3.06. The lowest BCUT2D eigenvalue weighted by atomic mass is 9.78. The molecule has 0 bridgehead atoms. The van der Waals surface area contributed by atoms with Gasteiger partial charge in [0.25, 0.3) is 0 Å². The Labute approximate surface area is 178 Å². The summed E-state index contributed by atoms with van der Waals surface area (Å²) in [6, 6.07) is 8.38. The van der Waals surface area contributed by atoms with Gasteiger partial charge in [0.1, 0.15) is 11.6 Å². The Balaban J connectivity index is 1.97. The fraction of sp³-hybridized carbons (Fsp3) is 0.200. The lowest BCUT2D eigenvalue weighted by Crippen LogP contribution is -2.38. The van der Waals surface area contributed by atoms with E-state index in [1.54, 1.807) is 11.0 Å². The highest BCUT2D eigenvalue weighted by molar-refractivity contribution is 9.10. The molecule has 4 rings (SSSR count). The van der Waals surface area contributed by atoms with E-state index in [1.807, 2.05) is 11.4 Å². The van der Waals surface area contributed by atoms with Gasteiger partial charge in [0.2, 0.25) is 0 Å². The first kappa shape index (κ1) is 19.2. The van der Waals surface area contributed by atoms with E-state index in [0.717, 1.165) is 15.0 Å². The van der Waals surface area contributed by atoms with Crippen LogP contribution in [0.15, 0.2) is 56.8 Å². The summed E-state index contributed by atoms with van der Waals surface area (Å²) >= 11 is 10.9. The molecule has 0 spiro atoms. The maximum absolute atomic E-state index is 13.7. The van der Waals surface area contributed by atoms with Gasteiger partial charge in [0.05, 0.1) is 22.6 Å². The average molecular weight is 479 g/mol. The minimum absolute atomic E-state index is 0.00855. The van der Waals surface area contributed by atoms with Crippen LogP contribution in [0.3, 0.4) is 0 Å². The van der Waals surface area contributed by atoms with Crippen LogP contribution in [0.1, 0.15) is 30.1 Å². The molecule has 0 saturated heterocycles. The van der Waals surface area contributed by atoms with Crippen molar-refractivity contribution in [2.75, 3.05) is 4.90 Å². The third-order valence-electron chi connectivity index (χ3n) is 4.95. The van der Waals surface area contributed by atoms with E-state index in [1.165, 1.54) is 23.5 Å². The smallest absolute Gasteiger partial charge is 0.161 e. The van der Waals surface area contributed by atoms with Gasteiger partial charge in [-0.05, 0) is 53.0 Å². The number of nitrogens with zero attached hydrogens (tertiary/aromatic N) is 2. The van der Waals surface area contributed by atoms with Gasteiger partial charge in [-0.15, -0.1) is 11.3 Å². The van der Waals surface area contributed by atoms with Crippen LogP contribution >= 0.6 is 38.9 Å². The highest BCUT2D eigenvalue weighted by Gasteiger charge is 2.40. The highest BCUT2D eigenvalue weighted by atomic mass is 79.9. The predicted octanol–water partition coefficient (Wildman–Crippen LogP) is 5.61. The lowest BCUT2D eigenvalue weighted by molar-refractivity contribution is -0.116. The van der Waals surface area contributed by atoms with E-state index in [0.29, 0.717) is 36.1 Å². The number of ketones is 1. The third-order valence-corrected chi connectivity index (χ3v) is 6.99. The summed E-state index contributed by atoms with van der Waals surface area (Å²) in [4.78, 5) is 15.5. The van der Waals surface area contributed by atoms with Crippen LogP contribution in [0.5, 0.6) is 0 Å². The number of carbonyl (C=O) groups is 1. The number of hydrogen-bond donors (Lipinski definition) is 1. The van der Waals surface area contributed by atoms with Gasteiger partial charge in [-0.25, -0.2) is 4.39 Å². The maximum Gasteiger partial charge on any atom is 0.161 e. The zero-order chi connectivity index (χ0) is 20.0. The first-order valence-electron chi connectivity index (χ1n) is 8.57. The first-order valence-corrected chi connectivity index (χ1v) is 10.6. The van der Waals surface area contributed by atoms with Crippen molar-refractivity contribution < 1.29 is 9.18 Å². The van der Waals surface area contributed by atoms with Gasteiger partial charge in [0, 0.05) is 38.1 Å². The van der Waals surface area contributed by atoms with Crippen molar-refractivity contribution in [2.45, 2.75) is 25.2 Å². The number of nitriles is 1. The molecule has 0 radical (unpaired) electrons. The van der Waals surface area contributed by atoms with Crippen molar-refractivity contribution in [3.05, 3.63) is 72.5 Å². The van der Waals surface area contributed by atoms with Gasteiger partial charge < -0.3 is 5.73 Å². The second-order valence-electron chi connectivity index (χ2n) is 6.58. The molecule has 1 atom stereocenters. The van der Waals surface area contributed by atoms with Crippen molar-refractivity contribution >= 4 is 50.3 Å². The van der Waals surface area contributed by atoms with Gasteiger partial charge in [-0.3, -0.25) is 9.69 Å². The zero-order valence-corrected chi connectivity index (χ0v) is 17.7. The van der Waals surface area contributed by atoms with E-state index < -0.39 is 11.7 Å². The Bertz CT molecular complexity index is 1100. The second kappa shape index (κ2) is 7.36. The van der Waals surface area contributed by atoms with Crippen molar-refractivity contribution in [3.63, 3.8) is 0 Å². The van der Waals surface area contributed by atoms with Crippen molar-refractivity contribution in [3.8, 4) is 6.07 Å². The molecule has 142 valence electrons. The summed E-state index contributed by atoms with van der Waals surface area (Å²) in [5.41, 5.74) is 8.62. The topological polar surface area (TPSA) is 70.1 Å². The van der Waals surface area contributed by atoms with Crippen LogP contribution in [-0.4, -0.2) is 5.78 Å². The average Bonchev–Trinajstić information content (AvgIpc) is 3.09. The van der Waals surface area contributed by atoms with E-state index in [9.17, 15) is 14.4 Å². The summed E-state index contributed by atoms with van der Waals surface area (Å²) < 4.78 is 14.6. The number of rotatable bonds is 2. The SMILES string of the molecule is N#CC1=C(N)N(c2ccc(F)c(Cl)c2)C2=C(C(=O)CCC2)C1c1cc(Br)cs1. The normalized spacial score (nSPS) is 19.7. The Hall–Kier alpha value is -2.14. The van der Waals surface area contributed by atoms with Crippen LogP contribution in [0.25, 0.3) is 0 Å². The molecule has 2 aliphatic rings. The Morgan fingerprint density at radius 1 is 1.36 bits per heavy atom. The number of nitrogens with two attached hydrogens (primary N) is 1. The number of carbonyl (C=O) groups excluding carboxylic acids is 1. The van der Waals surface area contributed by atoms with Crippen LogP contribution in [0, 0.1) is 17.1 Å². The first-order chi connectivity index (χ1) is 13.4. The molecule has 2 aromatic rings. The molecule has 1 aromatic heterocycles. The molecule has 2 N–H and O–H groups in total. The van der Waals surface area contributed by atoms with Gasteiger partial charge >= 0.3 is 0 Å². The predicted molar refractivity (Wildman–Crippen MR) is 111 cm³/mol. The molecular weight excluding hydrogens is 465 g/mol. The lowest BCUT2D eigenvalue weighted by Gasteiger charge is -2.39. The van der Waals surface area contributed by atoms with E-state index in [-0.39, 0.29) is 16.6 Å². The molecule has 8 heteroatoms. The molecule has 2 heterocycles. The minimum Gasteiger partial charge on any atom is -0.384 e. The number of anilines is 1. The van der Waals surface area contributed by atoms with Crippen LogP contribution in [-0.2, 0) is 4.79 Å². The summed E-state index contributed by atoms with van der Waals surface area (Å²) in [6.07, 6.45) is 1.76. The van der Waals surface area contributed by atoms with E-state index >= 15 is 0 Å². The number of thiophene rings is 1. The van der Waals surface area contributed by atoms with Crippen LogP contribution in [0.2, 0.25) is 5.02 Å². The number of allylic oxidation sites excluding steroid dienone is 3. The standard InChI is InChI=1S/C20H14BrClFN3OS/c21-10-6-17(28-9-10)18-12(8-24)20(25)26(11-4-5-14(23)13(22)7-11)15-2-1-3-16(27)19(15)18/h4-7,9,18H,1-3,25H2. The molecule has 0 fully saturated rings. The number of benzene rings is 1. The quantitative estimate of drug-likeness (QED) is 0.609. The minimum atomic E-state index is -0.541. The molecule has 1 aliphatic carbocycles. The summed E-state index contributed by atoms with van der Waals surface area (Å²) in [5, 5.41) is 11.8. The number of Topliss-reactive ketones (excluding diaryl/α,β-unsaturated/α-hetero) is 1. The molecular formula is C20H14BrClFN3OS. The summed E-state index contributed by atoms with van der Waals surface area (Å²) in [7, 11) is 0. The molecule has 1 aromatic carbocycles. The number of hydrogen-bond acceptors (Lipinski definition) is 5. The van der Waals surface area contributed by atoms with Crippen molar-refractivity contribution in [1.29, 1.82) is 5.26 Å². The molecule has 1 aliphatic heterocycles. The molecule has 28 heavy (non-hydrogen) atoms. The van der Waals surface area contributed by atoms with E-state index in [2.05, 4.69) is 22.0 Å². The van der Waals surface area contributed by atoms with Crippen LogP contribution < -0.4 is 10.6 Å². The van der Waals surface area contributed by atoms with Gasteiger partial charge in [0.15, 0.2) is 5.78 Å². The Kier molecular flexibility index (Phi) is 5.04. The molecule has 0 saturated carbocycles. The second-order valence-corrected chi connectivity index (χ2v) is 8.85. The maximum atomic E-state index is 13.7. The van der Waals surface area contributed by atoms with Crippen LogP contribution in [0.4, 0.5) is 10.1 Å². The summed E-state index contributed by atoms with van der Waals surface area (Å²) in [5.74, 6) is -0.778. The molecule has 1 unspecified atom stereocenters. The fourth-order valence-electron chi connectivity index (χ4n) is 3.77. The van der Waals surface area contributed by atoms with E-state index in [4.69, 9.17) is 17.3 Å². The van der Waals surface area contributed by atoms with Gasteiger partial charge in [-0.2, -0.15) is 5.26 Å². The molecule has 4 nitrogen and oxygen atoms in total.